The molecule has 1 aromatic carbocycles. The number of carbonyl (C=O) groups excluding carboxylic acids is 1. The summed E-state index contributed by atoms with van der Waals surface area (Å²) in [6.45, 7) is 8.55. The predicted molar refractivity (Wildman–Crippen MR) is 87.2 cm³/mol. The zero-order valence-corrected chi connectivity index (χ0v) is 13.8. The van der Waals surface area contributed by atoms with Crippen molar-refractivity contribution in [3.05, 3.63) is 41.2 Å². The van der Waals surface area contributed by atoms with Crippen molar-refractivity contribution in [1.29, 1.82) is 0 Å². The van der Waals surface area contributed by atoms with Crippen LogP contribution in [0.4, 0.5) is 5.69 Å². The van der Waals surface area contributed by atoms with Crippen LogP contribution in [0.2, 0.25) is 0 Å². The summed E-state index contributed by atoms with van der Waals surface area (Å²) >= 11 is 0. The maximum absolute atomic E-state index is 12.3. The first-order valence-electron chi connectivity index (χ1n) is 7.38. The Balaban J connectivity index is 2.00. The number of amides is 1. The Hall–Kier alpha value is -2.30. The van der Waals surface area contributed by atoms with Gasteiger partial charge < -0.3 is 10.1 Å². The molecular formula is C17H23N3O2. The lowest BCUT2D eigenvalue weighted by molar-refractivity contribution is -0.119. The Labute approximate surface area is 131 Å². The molecule has 0 spiro atoms. The number of aryl methyl sites for hydroxylation is 1. The van der Waals surface area contributed by atoms with Crippen molar-refractivity contribution in [3.63, 3.8) is 0 Å². The van der Waals surface area contributed by atoms with E-state index in [1.807, 2.05) is 49.7 Å². The molecule has 0 bridgehead atoms. The molecule has 1 aromatic heterocycles. The van der Waals surface area contributed by atoms with Crippen LogP contribution < -0.4 is 10.1 Å². The molecule has 1 heterocycles. The van der Waals surface area contributed by atoms with Gasteiger partial charge in [-0.25, -0.2) is 0 Å². The molecule has 118 valence electrons. The van der Waals surface area contributed by atoms with Gasteiger partial charge in [-0.15, -0.1) is 0 Å². The smallest absolute Gasteiger partial charge is 0.229 e. The van der Waals surface area contributed by atoms with E-state index in [2.05, 4.69) is 17.3 Å². The van der Waals surface area contributed by atoms with Crippen molar-refractivity contribution < 1.29 is 9.53 Å². The highest BCUT2D eigenvalue weighted by atomic mass is 16.5. The predicted octanol–water partition coefficient (Wildman–Crippen LogP) is 3.09. The van der Waals surface area contributed by atoms with E-state index >= 15 is 0 Å². The van der Waals surface area contributed by atoms with Crippen LogP contribution in [-0.2, 0) is 11.3 Å². The summed E-state index contributed by atoms with van der Waals surface area (Å²) in [6, 6.07) is 7.31. The number of hydrogen-bond donors (Lipinski definition) is 1. The second kappa shape index (κ2) is 6.64. The Kier molecular flexibility index (Phi) is 4.85. The van der Waals surface area contributed by atoms with Crippen molar-refractivity contribution in [2.24, 2.45) is 5.92 Å². The molecule has 1 N–H and O–H groups in total. The Morgan fingerprint density at radius 2 is 1.91 bits per heavy atom. The summed E-state index contributed by atoms with van der Waals surface area (Å²) in [5.41, 5.74) is 4.08. The number of hydrogen-bond acceptors (Lipinski definition) is 3. The minimum absolute atomic E-state index is 0.0182. The van der Waals surface area contributed by atoms with Gasteiger partial charge in [-0.05, 0) is 50.6 Å². The summed E-state index contributed by atoms with van der Waals surface area (Å²) in [5.74, 6) is 0.582. The lowest BCUT2D eigenvalue weighted by Crippen LogP contribution is -2.25. The van der Waals surface area contributed by atoms with Crippen molar-refractivity contribution in [1.82, 2.24) is 9.78 Å². The van der Waals surface area contributed by atoms with Gasteiger partial charge in [-0.2, -0.15) is 5.10 Å². The highest BCUT2D eigenvalue weighted by Gasteiger charge is 2.16. The number of rotatable bonds is 5. The van der Waals surface area contributed by atoms with Crippen molar-refractivity contribution >= 4 is 11.6 Å². The molecule has 5 nitrogen and oxygen atoms in total. The van der Waals surface area contributed by atoms with E-state index in [9.17, 15) is 4.79 Å². The Bertz CT molecular complexity index is 659. The standard InChI is InChI=1S/C17H23N3O2/c1-11(10-20-14(4)12(2)13(3)19-20)17(21)18-15-6-8-16(22-5)9-7-15/h6-9,11H,10H2,1-5H3,(H,18,21). The lowest BCUT2D eigenvalue weighted by Gasteiger charge is -2.14. The topological polar surface area (TPSA) is 56.1 Å². The Morgan fingerprint density at radius 3 is 2.41 bits per heavy atom. The van der Waals surface area contributed by atoms with Crippen LogP contribution >= 0.6 is 0 Å². The maximum atomic E-state index is 12.3. The first kappa shape index (κ1) is 16.1. The first-order chi connectivity index (χ1) is 10.4. The number of benzene rings is 1. The molecule has 0 fully saturated rings. The molecular weight excluding hydrogens is 278 g/mol. The van der Waals surface area contributed by atoms with Gasteiger partial charge in [-0.3, -0.25) is 9.48 Å². The molecule has 0 aliphatic carbocycles. The summed E-state index contributed by atoms with van der Waals surface area (Å²) in [5, 5.41) is 7.40. The van der Waals surface area contributed by atoms with E-state index in [1.165, 1.54) is 5.56 Å². The molecule has 0 radical (unpaired) electrons. The van der Waals surface area contributed by atoms with E-state index in [0.717, 1.165) is 22.8 Å². The minimum atomic E-state index is -0.167. The summed E-state index contributed by atoms with van der Waals surface area (Å²) in [4.78, 5) is 12.3. The van der Waals surface area contributed by atoms with Crippen LogP contribution in [0.3, 0.4) is 0 Å². The first-order valence-corrected chi connectivity index (χ1v) is 7.38. The van der Waals surface area contributed by atoms with Gasteiger partial charge in [0.05, 0.1) is 25.3 Å². The van der Waals surface area contributed by atoms with Crippen LogP contribution in [0.5, 0.6) is 5.75 Å². The third kappa shape index (κ3) is 3.47. The van der Waals surface area contributed by atoms with Gasteiger partial charge in [0.1, 0.15) is 5.75 Å². The largest absolute Gasteiger partial charge is 0.497 e. The minimum Gasteiger partial charge on any atom is -0.497 e. The monoisotopic (exact) mass is 301 g/mol. The van der Waals surface area contributed by atoms with Gasteiger partial charge in [0.15, 0.2) is 0 Å². The molecule has 2 aromatic rings. The van der Waals surface area contributed by atoms with Gasteiger partial charge in [0.25, 0.3) is 0 Å². The molecule has 0 aliphatic rings. The van der Waals surface area contributed by atoms with Crippen LogP contribution in [0, 0.1) is 26.7 Å². The fourth-order valence-electron chi connectivity index (χ4n) is 2.25. The average molecular weight is 301 g/mol. The zero-order chi connectivity index (χ0) is 16.3. The highest BCUT2D eigenvalue weighted by molar-refractivity contribution is 5.92. The quantitative estimate of drug-likeness (QED) is 0.923. The lowest BCUT2D eigenvalue weighted by atomic mass is 10.1. The van der Waals surface area contributed by atoms with Gasteiger partial charge in [-0.1, -0.05) is 6.92 Å². The second-order valence-electron chi connectivity index (χ2n) is 5.60. The molecule has 1 amide bonds. The molecule has 1 unspecified atom stereocenters. The normalized spacial score (nSPS) is 12.0. The van der Waals surface area contributed by atoms with Crippen LogP contribution in [0.25, 0.3) is 0 Å². The van der Waals surface area contributed by atoms with Gasteiger partial charge in [0.2, 0.25) is 5.91 Å². The van der Waals surface area contributed by atoms with Crippen molar-refractivity contribution in [2.75, 3.05) is 12.4 Å². The SMILES string of the molecule is COc1ccc(NC(=O)C(C)Cn2nc(C)c(C)c2C)cc1. The number of methoxy groups -OCH3 is 1. The van der Waals surface area contributed by atoms with E-state index in [-0.39, 0.29) is 11.8 Å². The second-order valence-corrected chi connectivity index (χ2v) is 5.60. The van der Waals surface area contributed by atoms with E-state index in [0.29, 0.717) is 6.54 Å². The Morgan fingerprint density at radius 1 is 1.27 bits per heavy atom. The number of anilines is 1. The molecule has 1 atom stereocenters. The number of nitrogens with one attached hydrogen (secondary N) is 1. The van der Waals surface area contributed by atoms with E-state index in [1.54, 1.807) is 7.11 Å². The summed E-state index contributed by atoms with van der Waals surface area (Å²) in [7, 11) is 1.62. The number of aromatic nitrogens is 2. The molecule has 22 heavy (non-hydrogen) atoms. The van der Waals surface area contributed by atoms with Crippen molar-refractivity contribution in [2.45, 2.75) is 34.2 Å². The van der Waals surface area contributed by atoms with Crippen molar-refractivity contribution in [3.8, 4) is 5.75 Å². The third-order valence-corrected chi connectivity index (χ3v) is 4.00. The fraction of sp³-hybridized carbons (Fsp3) is 0.412. The van der Waals surface area contributed by atoms with Gasteiger partial charge >= 0.3 is 0 Å². The number of nitrogens with zero attached hydrogens (tertiary/aromatic N) is 2. The van der Waals surface area contributed by atoms with Crippen LogP contribution in [-0.4, -0.2) is 22.8 Å². The molecule has 0 aliphatic heterocycles. The van der Waals surface area contributed by atoms with E-state index < -0.39 is 0 Å². The average Bonchev–Trinajstić information content (AvgIpc) is 2.75. The third-order valence-electron chi connectivity index (χ3n) is 4.00. The molecule has 2 rings (SSSR count). The summed E-state index contributed by atoms with van der Waals surface area (Å²) < 4.78 is 7.01. The van der Waals surface area contributed by atoms with Crippen LogP contribution in [0.15, 0.2) is 24.3 Å². The summed E-state index contributed by atoms with van der Waals surface area (Å²) in [6.07, 6.45) is 0. The highest BCUT2D eigenvalue weighted by Crippen LogP contribution is 2.17. The van der Waals surface area contributed by atoms with Gasteiger partial charge in [0, 0.05) is 11.4 Å². The van der Waals surface area contributed by atoms with E-state index in [4.69, 9.17) is 4.74 Å². The molecule has 0 saturated heterocycles. The number of ether oxygens (including phenoxy) is 1. The number of carbonyl (C=O) groups is 1. The maximum Gasteiger partial charge on any atom is 0.229 e. The van der Waals surface area contributed by atoms with Crippen LogP contribution in [0.1, 0.15) is 23.9 Å². The zero-order valence-electron chi connectivity index (χ0n) is 13.8. The fourth-order valence-corrected chi connectivity index (χ4v) is 2.25. The molecule has 5 heteroatoms. The molecule has 0 saturated carbocycles.